The molecular formula is C26H27FN2O6S2. The number of rotatable bonds is 6. The zero-order valence-electron chi connectivity index (χ0n) is 20.6. The number of carbonyl (C=O) groups excluding carboxylic acids is 1. The van der Waals surface area contributed by atoms with Gasteiger partial charge in [0.2, 0.25) is 10.0 Å². The van der Waals surface area contributed by atoms with E-state index in [1.54, 1.807) is 30.0 Å². The summed E-state index contributed by atoms with van der Waals surface area (Å²) in [5.41, 5.74) is 2.51. The molecule has 1 amide bonds. The second-order valence-electron chi connectivity index (χ2n) is 8.66. The molecule has 3 aromatic carbocycles. The fraction of sp³-hybridized carbons (Fsp3) is 0.269. The average molecular weight is 547 g/mol. The van der Waals surface area contributed by atoms with Gasteiger partial charge < -0.3 is 9.64 Å². The number of carbonyl (C=O) groups is 1. The molecule has 0 unspecified atom stereocenters. The van der Waals surface area contributed by atoms with Crippen molar-refractivity contribution in [1.82, 2.24) is 9.62 Å². The number of hydrogen-bond acceptors (Lipinski definition) is 6. The lowest BCUT2D eigenvalue weighted by Gasteiger charge is -2.22. The number of sulfone groups is 1. The smallest absolute Gasteiger partial charge is 0.254 e. The molecule has 8 nitrogen and oxygen atoms in total. The lowest BCUT2D eigenvalue weighted by atomic mass is 10.0. The van der Waals surface area contributed by atoms with E-state index < -0.39 is 36.5 Å². The van der Waals surface area contributed by atoms with Crippen LogP contribution >= 0.6 is 0 Å². The Morgan fingerprint density at radius 2 is 1.70 bits per heavy atom. The van der Waals surface area contributed by atoms with E-state index in [2.05, 4.69) is 4.72 Å². The van der Waals surface area contributed by atoms with E-state index in [0.717, 1.165) is 29.0 Å². The lowest BCUT2D eigenvalue weighted by molar-refractivity contribution is 0.0731. The Hall–Kier alpha value is -3.28. The van der Waals surface area contributed by atoms with Crippen molar-refractivity contribution in [2.75, 3.05) is 26.5 Å². The molecule has 4 rings (SSSR count). The van der Waals surface area contributed by atoms with Crippen LogP contribution in [-0.2, 0) is 32.8 Å². The van der Waals surface area contributed by atoms with Crippen LogP contribution in [0.4, 0.5) is 4.39 Å². The minimum Gasteiger partial charge on any atom is -0.491 e. The minimum atomic E-state index is -3.78. The predicted octanol–water partition coefficient (Wildman–Crippen LogP) is 3.40. The molecule has 0 bridgehead atoms. The largest absolute Gasteiger partial charge is 0.491 e. The van der Waals surface area contributed by atoms with Gasteiger partial charge >= 0.3 is 0 Å². The van der Waals surface area contributed by atoms with E-state index in [1.807, 2.05) is 12.1 Å². The predicted molar refractivity (Wildman–Crippen MR) is 137 cm³/mol. The van der Waals surface area contributed by atoms with Gasteiger partial charge in [-0.25, -0.2) is 25.9 Å². The summed E-state index contributed by atoms with van der Waals surface area (Å²) in [4.78, 5) is 14.7. The van der Waals surface area contributed by atoms with Crippen molar-refractivity contribution >= 4 is 25.8 Å². The Bertz CT molecular complexity index is 1570. The maximum atomic E-state index is 15.0. The summed E-state index contributed by atoms with van der Waals surface area (Å²) in [5.74, 6) is -0.699. The molecule has 1 aliphatic heterocycles. The van der Waals surface area contributed by atoms with Crippen molar-refractivity contribution in [2.45, 2.75) is 29.7 Å². The highest BCUT2D eigenvalue weighted by atomic mass is 32.2. The first-order valence-corrected chi connectivity index (χ1v) is 14.9. The molecule has 0 saturated carbocycles. The molecule has 0 radical (unpaired) electrons. The first-order chi connectivity index (χ1) is 17.5. The Morgan fingerprint density at radius 1 is 1.03 bits per heavy atom. The van der Waals surface area contributed by atoms with Gasteiger partial charge in [0.1, 0.15) is 23.1 Å². The summed E-state index contributed by atoms with van der Waals surface area (Å²) in [6, 6.07) is 14.5. The maximum Gasteiger partial charge on any atom is 0.254 e. The molecule has 11 heteroatoms. The number of fused-ring (bicyclic) bond motifs is 1. The van der Waals surface area contributed by atoms with Crippen molar-refractivity contribution < 1.29 is 30.8 Å². The number of benzene rings is 3. The summed E-state index contributed by atoms with van der Waals surface area (Å²) < 4.78 is 71.0. The van der Waals surface area contributed by atoms with Gasteiger partial charge in [0.15, 0.2) is 9.84 Å². The SMILES string of the molecule is CCc1c(C(=O)N2CCOc3ccc(-c4ccc(S(=O)(=O)NC)cc4)cc3C2)ccc(S(C)(=O)=O)c1F. The molecule has 0 aromatic heterocycles. The number of hydrogen-bond donors (Lipinski definition) is 1. The number of ether oxygens (including phenoxy) is 1. The molecule has 0 saturated heterocycles. The lowest BCUT2D eigenvalue weighted by Crippen LogP contribution is -2.33. The summed E-state index contributed by atoms with van der Waals surface area (Å²) in [6.07, 6.45) is 1.08. The average Bonchev–Trinajstić information content (AvgIpc) is 3.09. The summed E-state index contributed by atoms with van der Waals surface area (Å²) in [5, 5.41) is 0. The van der Waals surface area contributed by atoms with Crippen LogP contribution in [-0.4, -0.2) is 54.1 Å². The number of sulfonamides is 1. The highest BCUT2D eigenvalue weighted by Gasteiger charge is 2.27. The van der Waals surface area contributed by atoms with Crippen molar-refractivity contribution in [3.8, 4) is 16.9 Å². The monoisotopic (exact) mass is 546 g/mol. The van der Waals surface area contributed by atoms with Crippen LogP contribution in [0.25, 0.3) is 11.1 Å². The maximum absolute atomic E-state index is 15.0. The summed E-state index contributed by atoms with van der Waals surface area (Å²) in [6.45, 7) is 2.37. The van der Waals surface area contributed by atoms with Gasteiger partial charge in [0, 0.05) is 29.5 Å². The first kappa shape index (κ1) is 26.8. The molecule has 1 N–H and O–H groups in total. The van der Waals surface area contributed by atoms with Crippen LogP contribution < -0.4 is 9.46 Å². The zero-order valence-corrected chi connectivity index (χ0v) is 22.2. The van der Waals surface area contributed by atoms with Crippen LogP contribution in [0, 0.1) is 5.82 Å². The van der Waals surface area contributed by atoms with E-state index in [0.29, 0.717) is 5.75 Å². The van der Waals surface area contributed by atoms with Gasteiger partial charge in [-0.2, -0.15) is 0 Å². The van der Waals surface area contributed by atoms with Gasteiger partial charge in [-0.05, 0) is 61.0 Å². The topological polar surface area (TPSA) is 110 Å². The number of halogens is 1. The summed E-state index contributed by atoms with van der Waals surface area (Å²) >= 11 is 0. The van der Waals surface area contributed by atoms with E-state index in [1.165, 1.54) is 25.2 Å². The molecule has 3 aromatic rings. The molecule has 0 fully saturated rings. The fourth-order valence-electron chi connectivity index (χ4n) is 4.29. The van der Waals surface area contributed by atoms with E-state index in [-0.39, 0.29) is 42.1 Å². The van der Waals surface area contributed by atoms with Gasteiger partial charge in [-0.15, -0.1) is 0 Å². The highest BCUT2D eigenvalue weighted by Crippen LogP contribution is 2.31. The molecule has 1 aliphatic rings. The molecular weight excluding hydrogens is 519 g/mol. The van der Waals surface area contributed by atoms with Crippen LogP contribution in [0.3, 0.4) is 0 Å². The molecule has 1 heterocycles. The van der Waals surface area contributed by atoms with E-state index >= 15 is 4.39 Å². The van der Waals surface area contributed by atoms with Crippen LogP contribution in [0.15, 0.2) is 64.4 Å². The summed E-state index contributed by atoms with van der Waals surface area (Å²) in [7, 11) is -5.99. The third-order valence-electron chi connectivity index (χ3n) is 6.29. The van der Waals surface area contributed by atoms with Crippen molar-refractivity contribution in [1.29, 1.82) is 0 Å². The van der Waals surface area contributed by atoms with Crippen LogP contribution in [0.5, 0.6) is 5.75 Å². The zero-order chi connectivity index (χ0) is 27.0. The second-order valence-corrected chi connectivity index (χ2v) is 12.5. The standard InChI is InChI=1S/C26H27FN2O6S2/c1-4-21-22(10-12-24(25(21)27)36(3,31)32)26(30)29-13-14-35-23-11-7-18(15-19(23)16-29)17-5-8-20(9-6-17)37(33,34)28-2/h5-12,15,28H,4,13-14,16H2,1-3H3. The molecule has 0 aliphatic carbocycles. The number of amides is 1. The van der Waals surface area contributed by atoms with Gasteiger partial charge in [-0.3, -0.25) is 4.79 Å². The van der Waals surface area contributed by atoms with Crippen LogP contribution in [0.1, 0.15) is 28.4 Å². The Labute approximate surface area is 216 Å². The normalized spacial score (nSPS) is 14.0. The third-order valence-corrected chi connectivity index (χ3v) is 8.83. The van der Waals surface area contributed by atoms with Crippen molar-refractivity contribution in [3.63, 3.8) is 0 Å². The van der Waals surface area contributed by atoms with Crippen molar-refractivity contribution in [2.24, 2.45) is 0 Å². The van der Waals surface area contributed by atoms with Gasteiger partial charge in [0.25, 0.3) is 5.91 Å². The van der Waals surface area contributed by atoms with E-state index in [4.69, 9.17) is 4.74 Å². The molecule has 37 heavy (non-hydrogen) atoms. The van der Waals surface area contributed by atoms with Crippen LogP contribution in [0.2, 0.25) is 0 Å². The Morgan fingerprint density at radius 3 is 2.32 bits per heavy atom. The Kier molecular flexibility index (Phi) is 7.40. The molecule has 0 atom stereocenters. The van der Waals surface area contributed by atoms with Gasteiger partial charge in [-0.1, -0.05) is 25.1 Å². The number of nitrogens with zero attached hydrogens (tertiary/aromatic N) is 1. The fourth-order valence-corrected chi connectivity index (χ4v) is 5.79. The quantitative estimate of drug-likeness (QED) is 0.508. The number of nitrogens with one attached hydrogen (secondary N) is 1. The first-order valence-electron chi connectivity index (χ1n) is 11.6. The van der Waals surface area contributed by atoms with E-state index in [9.17, 15) is 21.6 Å². The molecule has 196 valence electrons. The second kappa shape index (κ2) is 10.2. The van der Waals surface area contributed by atoms with Crippen molar-refractivity contribution in [3.05, 3.63) is 77.1 Å². The Balaban J connectivity index is 1.65. The molecule has 0 spiro atoms. The minimum absolute atomic E-state index is 0.0590. The highest BCUT2D eigenvalue weighted by molar-refractivity contribution is 7.90. The van der Waals surface area contributed by atoms with Gasteiger partial charge in [0.05, 0.1) is 11.4 Å². The third kappa shape index (κ3) is 5.39.